The van der Waals surface area contributed by atoms with Crippen LogP contribution in [0.3, 0.4) is 0 Å². The Morgan fingerprint density at radius 1 is 1.19 bits per heavy atom. The van der Waals surface area contributed by atoms with Crippen LogP contribution in [0.25, 0.3) is 10.9 Å². The number of benzene rings is 1. The number of nitrogens with two attached hydrogens (primary N) is 2. The molecule has 0 saturated carbocycles. The van der Waals surface area contributed by atoms with Gasteiger partial charge in [-0.2, -0.15) is 10.1 Å². The lowest BCUT2D eigenvalue weighted by Gasteiger charge is -2.18. The summed E-state index contributed by atoms with van der Waals surface area (Å²) in [4.78, 5) is 27.9. The Balaban J connectivity index is 1.99. The average Bonchev–Trinajstić information content (AvgIpc) is 3.15. The number of rotatable bonds is 8. The second kappa shape index (κ2) is 8.77. The number of hydrogen-bond donors (Lipinski definition) is 4. The molecule has 0 radical (unpaired) electrons. The number of primary amides is 2. The first-order chi connectivity index (χ1) is 15.0. The molecule has 3 rings (SSSR count). The van der Waals surface area contributed by atoms with Gasteiger partial charge in [0, 0.05) is 22.8 Å². The van der Waals surface area contributed by atoms with Crippen molar-refractivity contribution in [2.45, 2.75) is 59.0 Å². The number of hydrogen-bond acceptors (Lipinski definition) is 8. The van der Waals surface area contributed by atoms with E-state index in [1.807, 2.05) is 36.9 Å². The van der Waals surface area contributed by atoms with E-state index in [4.69, 9.17) is 16.6 Å². The zero-order chi connectivity index (χ0) is 23.6. The number of nitrogens with one attached hydrogen (secondary N) is 2. The predicted octanol–water partition coefficient (Wildman–Crippen LogP) is 2.19. The fraction of sp³-hybridized carbons (Fsp3) is 0.429. The smallest absolute Gasteiger partial charge is 0.273 e. The number of fused-ring (bicyclic) bond motifs is 1. The van der Waals surface area contributed by atoms with Gasteiger partial charge in [0.25, 0.3) is 5.91 Å². The van der Waals surface area contributed by atoms with E-state index in [0.717, 1.165) is 22.9 Å². The Morgan fingerprint density at radius 3 is 2.50 bits per heavy atom. The van der Waals surface area contributed by atoms with E-state index in [1.165, 1.54) is 0 Å². The molecule has 0 aliphatic rings. The van der Waals surface area contributed by atoms with Crippen molar-refractivity contribution in [1.82, 2.24) is 25.0 Å². The highest BCUT2D eigenvalue weighted by atomic mass is 16.1. The monoisotopic (exact) mass is 439 g/mol. The quantitative estimate of drug-likeness (QED) is 0.414. The van der Waals surface area contributed by atoms with Gasteiger partial charge >= 0.3 is 0 Å². The van der Waals surface area contributed by atoms with E-state index < -0.39 is 17.9 Å². The number of aromatic nitrogens is 5. The maximum Gasteiger partial charge on any atom is 0.273 e. The second-order valence-electron chi connectivity index (χ2n) is 8.63. The van der Waals surface area contributed by atoms with Gasteiger partial charge in [-0.1, -0.05) is 13.3 Å². The largest absolute Gasteiger partial charge is 0.368 e. The molecule has 0 aliphatic carbocycles. The summed E-state index contributed by atoms with van der Waals surface area (Å²) in [5, 5.41) is 19.5. The van der Waals surface area contributed by atoms with Gasteiger partial charge in [0.2, 0.25) is 11.9 Å². The van der Waals surface area contributed by atoms with Crippen LogP contribution < -0.4 is 22.1 Å². The molecule has 2 amide bonds. The lowest BCUT2D eigenvalue weighted by molar-refractivity contribution is -0.118. The normalized spacial score (nSPS) is 12.5. The molecule has 0 bridgehead atoms. The Kier molecular flexibility index (Phi) is 6.28. The average molecular weight is 440 g/mol. The van der Waals surface area contributed by atoms with E-state index in [1.54, 1.807) is 0 Å². The summed E-state index contributed by atoms with van der Waals surface area (Å²) in [6.45, 7) is 10.1. The molecule has 3 aromatic rings. The maximum atomic E-state index is 11.9. The van der Waals surface area contributed by atoms with Crippen molar-refractivity contribution in [2.24, 2.45) is 11.5 Å². The summed E-state index contributed by atoms with van der Waals surface area (Å²) in [5.74, 6) is -1.13. The molecule has 2 heterocycles. The number of carbonyl (C=O) groups is 2. The molecule has 0 unspecified atom stereocenters. The minimum atomic E-state index is -0.783. The number of anilines is 3. The Morgan fingerprint density at radius 2 is 1.91 bits per heavy atom. The molecule has 1 atom stereocenters. The Hall–Kier alpha value is -3.76. The van der Waals surface area contributed by atoms with E-state index in [9.17, 15) is 9.59 Å². The molecule has 0 aliphatic heterocycles. The SMILES string of the molecule is CCC[C@@H](Nc1nnc(C(N)=O)c(Nc2ccc3cn(C(C)(C)C)nc3c2C)n1)C(N)=O. The summed E-state index contributed by atoms with van der Waals surface area (Å²) < 4.78 is 1.91. The van der Waals surface area contributed by atoms with Gasteiger partial charge in [0.05, 0.1) is 11.1 Å². The highest BCUT2D eigenvalue weighted by Crippen LogP contribution is 2.29. The molecule has 11 nitrogen and oxygen atoms in total. The molecular weight excluding hydrogens is 410 g/mol. The molecule has 2 aromatic heterocycles. The van der Waals surface area contributed by atoms with Crippen molar-refractivity contribution in [2.75, 3.05) is 10.6 Å². The molecule has 170 valence electrons. The van der Waals surface area contributed by atoms with E-state index in [0.29, 0.717) is 12.1 Å². The third-order valence-electron chi connectivity index (χ3n) is 5.02. The van der Waals surface area contributed by atoms with Crippen LogP contribution in [-0.4, -0.2) is 42.8 Å². The van der Waals surface area contributed by atoms with Crippen molar-refractivity contribution in [1.29, 1.82) is 0 Å². The third-order valence-corrected chi connectivity index (χ3v) is 5.02. The first kappa shape index (κ1) is 22.9. The van der Waals surface area contributed by atoms with E-state index in [-0.39, 0.29) is 23.0 Å². The lowest BCUT2D eigenvalue weighted by Crippen LogP contribution is -2.36. The second-order valence-corrected chi connectivity index (χ2v) is 8.63. The Bertz CT molecular complexity index is 1160. The van der Waals surface area contributed by atoms with Crippen LogP contribution >= 0.6 is 0 Å². The molecule has 32 heavy (non-hydrogen) atoms. The van der Waals surface area contributed by atoms with Crippen LogP contribution in [0.1, 0.15) is 56.6 Å². The first-order valence-electron chi connectivity index (χ1n) is 10.4. The van der Waals surface area contributed by atoms with Crippen molar-refractivity contribution in [3.05, 3.63) is 29.6 Å². The molecule has 11 heteroatoms. The van der Waals surface area contributed by atoms with Crippen LogP contribution in [0.5, 0.6) is 0 Å². The number of nitrogens with zero attached hydrogens (tertiary/aromatic N) is 5. The van der Waals surface area contributed by atoms with Crippen LogP contribution in [0.4, 0.5) is 17.5 Å². The van der Waals surface area contributed by atoms with Crippen molar-refractivity contribution >= 4 is 40.2 Å². The fourth-order valence-electron chi connectivity index (χ4n) is 3.20. The topological polar surface area (TPSA) is 167 Å². The number of aryl methyl sites for hydroxylation is 1. The summed E-state index contributed by atoms with van der Waals surface area (Å²) in [6, 6.07) is 3.14. The zero-order valence-electron chi connectivity index (χ0n) is 18.9. The van der Waals surface area contributed by atoms with Gasteiger partial charge in [0.15, 0.2) is 11.5 Å². The Labute approximate surface area is 186 Å². The highest BCUT2D eigenvalue weighted by Gasteiger charge is 2.21. The van der Waals surface area contributed by atoms with Crippen molar-refractivity contribution in [3.63, 3.8) is 0 Å². The number of amides is 2. The molecular formula is C21H29N9O2. The van der Waals surface area contributed by atoms with Gasteiger partial charge in [-0.05, 0) is 46.2 Å². The molecule has 6 N–H and O–H groups in total. The standard InChI is InChI=1S/C21H29N9O2/c1-6-7-14(17(22)31)25-20-26-19(16(18(23)32)27-28-20)24-13-9-8-12-10-30(21(3,4)5)29-15(12)11(13)2/h8-10,14H,6-7H2,1-5H3,(H2,22,31)(H2,23,32)(H2,24,25,26,28)/t14-/m1/s1. The summed E-state index contributed by atoms with van der Waals surface area (Å²) in [5.41, 5.74) is 13.0. The van der Waals surface area contributed by atoms with Crippen molar-refractivity contribution in [3.8, 4) is 0 Å². The molecule has 1 aromatic carbocycles. The van der Waals surface area contributed by atoms with Crippen LogP contribution in [0.2, 0.25) is 0 Å². The van der Waals surface area contributed by atoms with E-state index in [2.05, 4.69) is 46.6 Å². The predicted molar refractivity (Wildman–Crippen MR) is 123 cm³/mol. The summed E-state index contributed by atoms with van der Waals surface area (Å²) >= 11 is 0. The van der Waals surface area contributed by atoms with Crippen LogP contribution in [-0.2, 0) is 10.3 Å². The minimum absolute atomic E-state index is 0.0606. The maximum absolute atomic E-state index is 11.9. The molecule has 0 saturated heterocycles. The highest BCUT2D eigenvalue weighted by molar-refractivity contribution is 5.97. The van der Waals surface area contributed by atoms with Gasteiger partial charge in [-0.15, -0.1) is 10.2 Å². The number of carbonyl (C=O) groups excluding carboxylic acids is 2. The van der Waals surface area contributed by atoms with Crippen molar-refractivity contribution < 1.29 is 9.59 Å². The van der Waals surface area contributed by atoms with Crippen LogP contribution in [0, 0.1) is 6.92 Å². The van der Waals surface area contributed by atoms with Gasteiger partial charge in [-0.3, -0.25) is 14.3 Å². The third kappa shape index (κ3) is 4.76. The minimum Gasteiger partial charge on any atom is -0.368 e. The summed E-state index contributed by atoms with van der Waals surface area (Å²) in [6.07, 6.45) is 3.23. The molecule has 0 fully saturated rings. The summed E-state index contributed by atoms with van der Waals surface area (Å²) in [7, 11) is 0. The first-order valence-corrected chi connectivity index (χ1v) is 10.4. The van der Waals surface area contributed by atoms with Gasteiger partial charge in [-0.25, -0.2) is 0 Å². The van der Waals surface area contributed by atoms with Gasteiger partial charge in [0.1, 0.15) is 6.04 Å². The molecule has 0 spiro atoms. The lowest BCUT2D eigenvalue weighted by atomic mass is 10.1. The van der Waals surface area contributed by atoms with E-state index >= 15 is 0 Å². The zero-order valence-corrected chi connectivity index (χ0v) is 18.9. The van der Waals surface area contributed by atoms with Gasteiger partial charge < -0.3 is 22.1 Å². The van der Waals surface area contributed by atoms with Crippen LogP contribution in [0.15, 0.2) is 18.3 Å². The fourth-order valence-corrected chi connectivity index (χ4v) is 3.20.